The normalized spacial score (nSPS) is 10.5. The third-order valence-corrected chi connectivity index (χ3v) is 3.26. The summed E-state index contributed by atoms with van der Waals surface area (Å²) in [5.74, 6) is 0.922. The molecule has 0 radical (unpaired) electrons. The summed E-state index contributed by atoms with van der Waals surface area (Å²) < 4.78 is 5.85. The third-order valence-electron chi connectivity index (χ3n) is 3.26. The van der Waals surface area contributed by atoms with Gasteiger partial charge in [0.15, 0.2) is 0 Å². The summed E-state index contributed by atoms with van der Waals surface area (Å²) in [6.07, 6.45) is 0. The number of rotatable bonds is 5. The van der Waals surface area contributed by atoms with Crippen LogP contribution in [-0.4, -0.2) is 7.05 Å². The van der Waals surface area contributed by atoms with Crippen molar-refractivity contribution in [2.45, 2.75) is 27.0 Å². The van der Waals surface area contributed by atoms with Crippen LogP contribution in [0.3, 0.4) is 0 Å². The number of ether oxygens (including phenoxy) is 1. The molecule has 0 aromatic heterocycles. The minimum absolute atomic E-state index is 0.615. The Balaban J connectivity index is 2.01. The monoisotopic (exact) mass is 255 g/mol. The quantitative estimate of drug-likeness (QED) is 0.881. The second-order valence-electron chi connectivity index (χ2n) is 4.89. The van der Waals surface area contributed by atoms with E-state index >= 15 is 0 Å². The number of aryl methyl sites for hydroxylation is 2. The molecule has 19 heavy (non-hydrogen) atoms. The smallest absolute Gasteiger partial charge is 0.120 e. The predicted octanol–water partition coefficient (Wildman–Crippen LogP) is 3.60. The second-order valence-corrected chi connectivity index (χ2v) is 4.89. The molecular weight excluding hydrogens is 234 g/mol. The van der Waals surface area contributed by atoms with Gasteiger partial charge in [-0.15, -0.1) is 0 Å². The van der Waals surface area contributed by atoms with Gasteiger partial charge < -0.3 is 10.1 Å². The van der Waals surface area contributed by atoms with Gasteiger partial charge in [-0.05, 0) is 55.3 Å². The van der Waals surface area contributed by atoms with Gasteiger partial charge in [0.05, 0.1) is 0 Å². The minimum atomic E-state index is 0.615. The molecule has 2 aromatic carbocycles. The fraction of sp³-hybridized carbons (Fsp3) is 0.294. The Morgan fingerprint density at radius 3 is 2.53 bits per heavy atom. The standard InChI is InChI=1S/C17H21NO/c1-13-7-8-16(9-14(13)2)12-19-17-6-4-5-15(10-17)11-18-3/h4-10,18H,11-12H2,1-3H3. The highest BCUT2D eigenvalue weighted by Crippen LogP contribution is 2.16. The Hall–Kier alpha value is -1.80. The van der Waals surface area contributed by atoms with Crippen molar-refractivity contribution >= 4 is 0 Å². The van der Waals surface area contributed by atoms with Gasteiger partial charge in [-0.2, -0.15) is 0 Å². The molecule has 0 bridgehead atoms. The van der Waals surface area contributed by atoms with Crippen molar-refractivity contribution in [1.82, 2.24) is 5.32 Å². The largest absolute Gasteiger partial charge is 0.489 e. The summed E-state index contributed by atoms with van der Waals surface area (Å²) in [6.45, 7) is 5.73. The second kappa shape index (κ2) is 6.39. The first-order valence-corrected chi connectivity index (χ1v) is 6.61. The van der Waals surface area contributed by atoms with Gasteiger partial charge >= 0.3 is 0 Å². The Labute approximate surface area is 115 Å². The SMILES string of the molecule is CNCc1cccc(OCc2ccc(C)c(C)c2)c1. The van der Waals surface area contributed by atoms with Crippen LogP contribution in [0.15, 0.2) is 42.5 Å². The van der Waals surface area contributed by atoms with E-state index < -0.39 is 0 Å². The van der Waals surface area contributed by atoms with E-state index in [1.54, 1.807) is 0 Å². The van der Waals surface area contributed by atoms with Gasteiger partial charge in [-0.3, -0.25) is 0 Å². The molecule has 2 nitrogen and oxygen atoms in total. The van der Waals surface area contributed by atoms with E-state index in [1.165, 1.54) is 22.3 Å². The van der Waals surface area contributed by atoms with Crippen molar-refractivity contribution in [1.29, 1.82) is 0 Å². The van der Waals surface area contributed by atoms with Crippen LogP contribution in [0.4, 0.5) is 0 Å². The van der Waals surface area contributed by atoms with Crippen molar-refractivity contribution in [2.24, 2.45) is 0 Å². The first-order chi connectivity index (χ1) is 9.19. The number of hydrogen-bond donors (Lipinski definition) is 1. The molecule has 2 rings (SSSR count). The molecule has 100 valence electrons. The average Bonchev–Trinajstić information content (AvgIpc) is 2.41. The van der Waals surface area contributed by atoms with Gasteiger partial charge in [-0.1, -0.05) is 30.3 Å². The molecule has 0 spiro atoms. The van der Waals surface area contributed by atoms with E-state index in [0.29, 0.717) is 6.61 Å². The van der Waals surface area contributed by atoms with Crippen molar-refractivity contribution in [3.05, 3.63) is 64.7 Å². The molecule has 0 amide bonds. The molecule has 1 N–H and O–H groups in total. The summed E-state index contributed by atoms with van der Waals surface area (Å²) in [6, 6.07) is 14.7. The van der Waals surface area contributed by atoms with Gasteiger partial charge in [0.25, 0.3) is 0 Å². The third kappa shape index (κ3) is 3.83. The summed E-state index contributed by atoms with van der Waals surface area (Å²) in [7, 11) is 1.95. The molecule has 0 saturated heterocycles. The fourth-order valence-electron chi connectivity index (χ4n) is 2.01. The van der Waals surface area contributed by atoms with E-state index in [1.807, 2.05) is 19.2 Å². The number of hydrogen-bond acceptors (Lipinski definition) is 2. The van der Waals surface area contributed by atoms with E-state index in [4.69, 9.17) is 4.74 Å². The Morgan fingerprint density at radius 1 is 0.947 bits per heavy atom. The van der Waals surface area contributed by atoms with Crippen molar-refractivity contribution in [3.63, 3.8) is 0 Å². The van der Waals surface area contributed by atoms with Crippen LogP contribution in [0.25, 0.3) is 0 Å². The van der Waals surface area contributed by atoms with Crippen molar-refractivity contribution < 1.29 is 4.74 Å². The fourth-order valence-corrected chi connectivity index (χ4v) is 2.01. The number of benzene rings is 2. The topological polar surface area (TPSA) is 21.3 Å². The zero-order valence-electron chi connectivity index (χ0n) is 11.9. The van der Waals surface area contributed by atoms with Crippen molar-refractivity contribution in [3.8, 4) is 5.75 Å². The first kappa shape index (κ1) is 13.6. The van der Waals surface area contributed by atoms with Gasteiger partial charge in [0.1, 0.15) is 12.4 Å². The first-order valence-electron chi connectivity index (χ1n) is 6.61. The molecule has 0 aliphatic heterocycles. The Morgan fingerprint density at radius 2 is 1.79 bits per heavy atom. The Bertz CT molecular complexity index is 549. The molecule has 2 aromatic rings. The summed E-state index contributed by atoms with van der Waals surface area (Å²) >= 11 is 0. The summed E-state index contributed by atoms with van der Waals surface area (Å²) in [5, 5.41) is 3.14. The zero-order valence-corrected chi connectivity index (χ0v) is 11.9. The molecule has 0 saturated carbocycles. The molecule has 0 atom stereocenters. The van der Waals surface area contributed by atoms with E-state index in [9.17, 15) is 0 Å². The lowest BCUT2D eigenvalue weighted by Gasteiger charge is -2.09. The maximum atomic E-state index is 5.85. The van der Waals surface area contributed by atoms with E-state index in [-0.39, 0.29) is 0 Å². The van der Waals surface area contributed by atoms with E-state index in [2.05, 4.69) is 49.5 Å². The maximum Gasteiger partial charge on any atom is 0.120 e. The summed E-state index contributed by atoms with van der Waals surface area (Å²) in [4.78, 5) is 0. The lowest BCUT2D eigenvalue weighted by atomic mass is 10.1. The number of nitrogens with one attached hydrogen (secondary N) is 1. The van der Waals surface area contributed by atoms with Crippen LogP contribution < -0.4 is 10.1 Å². The lowest BCUT2D eigenvalue weighted by Crippen LogP contribution is -2.05. The zero-order chi connectivity index (χ0) is 13.7. The minimum Gasteiger partial charge on any atom is -0.489 e. The van der Waals surface area contributed by atoms with E-state index in [0.717, 1.165) is 12.3 Å². The van der Waals surface area contributed by atoms with Crippen LogP contribution in [0.5, 0.6) is 5.75 Å². The highest BCUT2D eigenvalue weighted by Gasteiger charge is 1.99. The molecule has 0 aliphatic carbocycles. The highest BCUT2D eigenvalue weighted by atomic mass is 16.5. The van der Waals surface area contributed by atoms with Gasteiger partial charge in [-0.25, -0.2) is 0 Å². The van der Waals surface area contributed by atoms with Gasteiger partial charge in [0.2, 0.25) is 0 Å². The summed E-state index contributed by atoms with van der Waals surface area (Å²) in [5.41, 5.74) is 5.08. The van der Waals surface area contributed by atoms with Crippen LogP contribution in [-0.2, 0) is 13.2 Å². The maximum absolute atomic E-state index is 5.85. The molecule has 0 heterocycles. The van der Waals surface area contributed by atoms with Crippen LogP contribution in [0.2, 0.25) is 0 Å². The molecule has 0 unspecified atom stereocenters. The lowest BCUT2D eigenvalue weighted by molar-refractivity contribution is 0.306. The van der Waals surface area contributed by atoms with Gasteiger partial charge in [0, 0.05) is 6.54 Å². The highest BCUT2D eigenvalue weighted by molar-refractivity contribution is 5.31. The molecule has 0 fully saturated rings. The van der Waals surface area contributed by atoms with Crippen LogP contribution >= 0.6 is 0 Å². The van der Waals surface area contributed by atoms with Crippen LogP contribution in [0, 0.1) is 13.8 Å². The molecular formula is C17H21NO. The molecule has 2 heteroatoms. The predicted molar refractivity (Wildman–Crippen MR) is 79.5 cm³/mol. The molecule has 0 aliphatic rings. The average molecular weight is 255 g/mol. The van der Waals surface area contributed by atoms with Crippen LogP contribution in [0.1, 0.15) is 22.3 Å². The Kier molecular flexibility index (Phi) is 4.58. The van der Waals surface area contributed by atoms with Crippen molar-refractivity contribution in [2.75, 3.05) is 7.05 Å².